The molecule has 2 N–H and O–H groups in total. The molecule has 0 saturated heterocycles. The van der Waals surface area contributed by atoms with Crippen LogP contribution in [0.25, 0.3) is 11.3 Å². The van der Waals surface area contributed by atoms with Crippen LogP contribution >= 0.6 is 0 Å². The Morgan fingerprint density at radius 2 is 1.95 bits per heavy atom. The zero-order valence-electron chi connectivity index (χ0n) is 11.2. The summed E-state index contributed by atoms with van der Waals surface area (Å²) in [5.41, 5.74) is 0.215. The summed E-state index contributed by atoms with van der Waals surface area (Å²) in [6.45, 7) is 0. The molecule has 1 aliphatic rings. The molecule has 1 amide bonds. The van der Waals surface area contributed by atoms with Crippen molar-refractivity contribution in [2.75, 3.05) is 0 Å². The molecule has 21 heavy (non-hydrogen) atoms. The first-order chi connectivity index (χ1) is 10.1. The Balaban J connectivity index is 1.77. The first-order valence-corrected chi connectivity index (χ1v) is 6.69. The van der Waals surface area contributed by atoms with Gasteiger partial charge in [0.25, 0.3) is 5.91 Å². The Hall–Kier alpha value is -2.63. The predicted octanol–water partition coefficient (Wildman–Crippen LogP) is 2.08. The lowest BCUT2D eigenvalue weighted by Crippen LogP contribution is -2.59. The van der Waals surface area contributed by atoms with Gasteiger partial charge < -0.3 is 14.9 Å². The predicted molar refractivity (Wildman–Crippen MR) is 73.6 cm³/mol. The van der Waals surface area contributed by atoms with Crippen LogP contribution in [0.15, 0.2) is 40.9 Å². The van der Waals surface area contributed by atoms with E-state index < -0.39 is 17.4 Å². The van der Waals surface area contributed by atoms with Crippen molar-refractivity contribution in [2.45, 2.75) is 24.8 Å². The van der Waals surface area contributed by atoms with Crippen LogP contribution < -0.4 is 5.32 Å². The lowest BCUT2D eigenvalue weighted by molar-refractivity contribution is -0.148. The highest BCUT2D eigenvalue weighted by Gasteiger charge is 2.46. The number of aromatic nitrogens is 1. The van der Waals surface area contributed by atoms with E-state index >= 15 is 0 Å². The van der Waals surface area contributed by atoms with Gasteiger partial charge in [-0.05, 0) is 19.3 Å². The molecule has 0 bridgehead atoms. The van der Waals surface area contributed by atoms with E-state index in [1.165, 1.54) is 6.07 Å². The highest BCUT2D eigenvalue weighted by molar-refractivity contribution is 5.96. The Kier molecular flexibility index (Phi) is 3.21. The first-order valence-electron chi connectivity index (χ1n) is 6.69. The van der Waals surface area contributed by atoms with E-state index in [2.05, 4.69) is 10.5 Å². The van der Waals surface area contributed by atoms with Gasteiger partial charge >= 0.3 is 5.97 Å². The molecule has 0 atom stereocenters. The molecule has 0 unspecified atom stereocenters. The molecule has 6 nitrogen and oxygen atoms in total. The summed E-state index contributed by atoms with van der Waals surface area (Å²) in [7, 11) is 0. The van der Waals surface area contributed by atoms with Gasteiger partial charge in [0.1, 0.15) is 11.2 Å². The van der Waals surface area contributed by atoms with Gasteiger partial charge in [-0.2, -0.15) is 0 Å². The average Bonchev–Trinajstić information content (AvgIpc) is 2.93. The Bertz CT molecular complexity index is 674. The van der Waals surface area contributed by atoms with Crippen molar-refractivity contribution < 1.29 is 19.2 Å². The number of carboxylic acid groups (broad SMARTS) is 1. The van der Waals surface area contributed by atoms with E-state index in [0.717, 1.165) is 12.0 Å². The molecular formula is C15H14N2O4. The second-order valence-corrected chi connectivity index (χ2v) is 5.14. The van der Waals surface area contributed by atoms with Gasteiger partial charge in [-0.15, -0.1) is 0 Å². The second kappa shape index (κ2) is 5.05. The van der Waals surface area contributed by atoms with Gasteiger partial charge in [-0.3, -0.25) is 4.79 Å². The number of aliphatic carboxylic acids is 1. The van der Waals surface area contributed by atoms with Crippen molar-refractivity contribution in [1.29, 1.82) is 0 Å². The van der Waals surface area contributed by atoms with Crippen LogP contribution in [0, 0.1) is 0 Å². The van der Waals surface area contributed by atoms with Gasteiger partial charge in [-0.25, -0.2) is 4.79 Å². The average molecular weight is 286 g/mol. The quantitative estimate of drug-likeness (QED) is 0.897. The third kappa shape index (κ3) is 2.40. The molecule has 1 aliphatic carbocycles. The van der Waals surface area contributed by atoms with Gasteiger partial charge in [0.15, 0.2) is 0 Å². The lowest BCUT2D eigenvalue weighted by Gasteiger charge is -2.37. The van der Waals surface area contributed by atoms with Crippen LogP contribution in [0.3, 0.4) is 0 Å². The first kappa shape index (κ1) is 13.4. The zero-order valence-corrected chi connectivity index (χ0v) is 11.2. The SMILES string of the molecule is O=C(NC1(C(=O)O)CCC1)c1cc(-c2ccccc2)no1. The summed E-state index contributed by atoms with van der Waals surface area (Å²) in [4.78, 5) is 23.3. The molecule has 0 radical (unpaired) electrons. The smallest absolute Gasteiger partial charge is 0.329 e. The summed E-state index contributed by atoms with van der Waals surface area (Å²) >= 11 is 0. The van der Waals surface area contributed by atoms with Crippen LogP contribution in [-0.4, -0.2) is 27.7 Å². The largest absolute Gasteiger partial charge is 0.480 e. The van der Waals surface area contributed by atoms with E-state index in [-0.39, 0.29) is 5.76 Å². The summed E-state index contributed by atoms with van der Waals surface area (Å²) in [5.74, 6) is -1.54. The number of rotatable bonds is 4. The zero-order chi connectivity index (χ0) is 14.9. The monoisotopic (exact) mass is 286 g/mol. The van der Waals surface area contributed by atoms with E-state index in [1.54, 1.807) is 0 Å². The van der Waals surface area contributed by atoms with Crippen LogP contribution in [0.4, 0.5) is 0 Å². The maximum atomic E-state index is 12.1. The van der Waals surface area contributed by atoms with Crippen molar-refractivity contribution in [3.05, 3.63) is 42.2 Å². The van der Waals surface area contributed by atoms with Gasteiger partial charge in [0, 0.05) is 11.6 Å². The number of benzene rings is 1. The van der Waals surface area contributed by atoms with E-state index in [9.17, 15) is 14.7 Å². The molecular weight excluding hydrogens is 272 g/mol. The van der Waals surface area contributed by atoms with Gasteiger partial charge in [0.2, 0.25) is 5.76 Å². The number of nitrogens with zero attached hydrogens (tertiary/aromatic N) is 1. The maximum Gasteiger partial charge on any atom is 0.329 e. The molecule has 1 aromatic heterocycles. The Morgan fingerprint density at radius 3 is 2.52 bits per heavy atom. The summed E-state index contributed by atoms with van der Waals surface area (Å²) in [6, 6.07) is 10.8. The summed E-state index contributed by atoms with van der Waals surface area (Å²) < 4.78 is 5.02. The van der Waals surface area contributed by atoms with E-state index in [0.29, 0.717) is 18.5 Å². The topological polar surface area (TPSA) is 92.4 Å². The third-order valence-electron chi connectivity index (χ3n) is 3.77. The van der Waals surface area contributed by atoms with Crippen molar-refractivity contribution in [1.82, 2.24) is 10.5 Å². The van der Waals surface area contributed by atoms with Crippen LogP contribution in [0.2, 0.25) is 0 Å². The number of carbonyl (C=O) groups excluding carboxylic acids is 1. The van der Waals surface area contributed by atoms with Crippen LogP contribution in [0.1, 0.15) is 29.8 Å². The highest BCUT2D eigenvalue weighted by Crippen LogP contribution is 2.32. The van der Waals surface area contributed by atoms with E-state index in [1.807, 2.05) is 30.3 Å². The number of amides is 1. The highest BCUT2D eigenvalue weighted by atomic mass is 16.5. The number of hydrogen-bond donors (Lipinski definition) is 2. The normalized spacial score (nSPS) is 16.0. The summed E-state index contributed by atoms with van der Waals surface area (Å²) in [5, 5.41) is 15.6. The molecule has 3 rings (SSSR count). The molecule has 1 saturated carbocycles. The fourth-order valence-corrected chi connectivity index (χ4v) is 2.33. The molecule has 1 heterocycles. The second-order valence-electron chi connectivity index (χ2n) is 5.14. The van der Waals surface area contributed by atoms with Crippen molar-refractivity contribution in [3.63, 3.8) is 0 Å². The minimum atomic E-state index is -1.16. The summed E-state index contributed by atoms with van der Waals surface area (Å²) in [6.07, 6.45) is 1.67. The minimum absolute atomic E-state index is 0.0152. The fraction of sp³-hybridized carbons (Fsp3) is 0.267. The molecule has 108 valence electrons. The van der Waals surface area contributed by atoms with Crippen LogP contribution in [0.5, 0.6) is 0 Å². The molecule has 1 fully saturated rings. The Labute approximate surface area is 120 Å². The number of carboxylic acids is 1. The molecule has 6 heteroatoms. The van der Waals surface area contributed by atoms with Crippen molar-refractivity contribution in [3.8, 4) is 11.3 Å². The molecule has 0 aliphatic heterocycles. The third-order valence-corrected chi connectivity index (χ3v) is 3.77. The van der Waals surface area contributed by atoms with Crippen molar-refractivity contribution in [2.24, 2.45) is 0 Å². The molecule has 0 spiro atoms. The van der Waals surface area contributed by atoms with Gasteiger partial charge in [-0.1, -0.05) is 35.5 Å². The number of nitrogens with one attached hydrogen (secondary N) is 1. The standard InChI is InChI=1S/C15H14N2O4/c18-13(16-15(14(19)20)7-4-8-15)12-9-11(17-21-12)10-5-2-1-3-6-10/h1-3,5-6,9H,4,7-8H2,(H,16,18)(H,19,20). The van der Waals surface area contributed by atoms with Crippen LogP contribution in [-0.2, 0) is 4.79 Å². The number of hydrogen-bond acceptors (Lipinski definition) is 4. The maximum absolute atomic E-state index is 12.1. The minimum Gasteiger partial charge on any atom is -0.480 e. The number of carbonyl (C=O) groups is 2. The van der Waals surface area contributed by atoms with Crippen molar-refractivity contribution >= 4 is 11.9 Å². The fourth-order valence-electron chi connectivity index (χ4n) is 2.33. The van der Waals surface area contributed by atoms with Gasteiger partial charge in [0.05, 0.1) is 0 Å². The van der Waals surface area contributed by atoms with E-state index in [4.69, 9.17) is 4.52 Å². The Morgan fingerprint density at radius 1 is 1.24 bits per heavy atom. The molecule has 1 aromatic carbocycles. The molecule has 2 aromatic rings. The lowest BCUT2D eigenvalue weighted by atomic mass is 9.76.